The normalized spacial score (nSPS) is 12.9. The van der Waals surface area contributed by atoms with E-state index in [-0.39, 0.29) is 5.82 Å². The molecule has 1 atom stereocenters. The molecule has 0 saturated carbocycles. The van der Waals surface area contributed by atoms with Crippen molar-refractivity contribution in [2.24, 2.45) is 0 Å². The summed E-state index contributed by atoms with van der Waals surface area (Å²) in [5, 5.41) is 11.4. The van der Waals surface area contributed by atoms with Gasteiger partial charge >= 0.3 is 5.97 Å². The third-order valence-corrected chi connectivity index (χ3v) is 3.33. The van der Waals surface area contributed by atoms with Gasteiger partial charge < -0.3 is 10.1 Å². The second-order valence-electron chi connectivity index (χ2n) is 4.37. The fraction of sp³-hybridized carbons (Fsp3) is 0.154. The summed E-state index contributed by atoms with van der Waals surface area (Å²) in [5.41, 5.74) is 1.52. The SMILES string of the molecule is C[C@H](C(=O)O)c1ncc2c(n1)[nH]c1ccc(Cl)cc12. The number of fused-ring (bicyclic) bond motifs is 3. The molecule has 0 bridgehead atoms. The first-order valence-electron chi connectivity index (χ1n) is 5.73. The van der Waals surface area contributed by atoms with Gasteiger partial charge in [-0.1, -0.05) is 11.6 Å². The molecular formula is C13H10ClN3O2. The molecule has 0 aliphatic rings. The van der Waals surface area contributed by atoms with Crippen molar-refractivity contribution in [3.8, 4) is 0 Å². The summed E-state index contributed by atoms with van der Waals surface area (Å²) in [5.74, 6) is -1.39. The molecule has 3 aromatic rings. The number of nitrogens with one attached hydrogen (secondary N) is 1. The molecule has 5 nitrogen and oxygen atoms in total. The van der Waals surface area contributed by atoms with Crippen LogP contribution in [0.15, 0.2) is 24.4 Å². The van der Waals surface area contributed by atoms with Gasteiger partial charge in [0.05, 0.1) is 0 Å². The Morgan fingerprint density at radius 2 is 2.21 bits per heavy atom. The lowest BCUT2D eigenvalue weighted by atomic mass is 10.1. The molecule has 0 unspecified atom stereocenters. The number of nitrogens with zero attached hydrogens (tertiary/aromatic N) is 2. The minimum atomic E-state index is -0.946. The van der Waals surface area contributed by atoms with Crippen LogP contribution in [0, 0.1) is 0 Å². The Hall–Kier alpha value is -2.14. The van der Waals surface area contributed by atoms with Crippen molar-refractivity contribution in [1.29, 1.82) is 0 Å². The van der Waals surface area contributed by atoms with Crippen LogP contribution in [0.3, 0.4) is 0 Å². The zero-order valence-electron chi connectivity index (χ0n) is 10.0. The van der Waals surface area contributed by atoms with E-state index in [1.807, 2.05) is 12.1 Å². The van der Waals surface area contributed by atoms with Gasteiger partial charge in [0.2, 0.25) is 0 Å². The first-order chi connectivity index (χ1) is 9.06. The average Bonchev–Trinajstić information content (AvgIpc) is 2.74. The molecule has 2 N–H and O–H groups in total. The number of hydrogen-bond acceptors (Lipinski definition) is 3. The molecule has 6 heteroatoms. The van der Waals surface area contributed by atoms with Crippen LogP contribution in [0.25, 0.3) is 21.9 Å². The quantitative estimate of drug-likeness (QED) is 0.754. The Labute approximate surface area is 113 Å². The Morgan fingerprint density at radius 3 is 2.95 bits per heavy atom. The molecule has 0 amide bonds. The highest BCUT2D eigenvalue weighted by atomic mass is 35.5. The largest absolute Gasteiger partial charge is 0.481 e. The maximum absolute atomic E-state index is 10.9. The van der Waals surface area contributed by atoms with E-state index in [0.29, 0.717) is 10.7 Å². The van der Waals surface area contributed by atoms with Gasteiger partial charge in [0.1, 0.15) is 17.4 Å². The molecule has 0 fully saturated rings. The van der Waals surface area contributed by atoms with E-state index in [4.69, 9.17) is 16.7 Å². The molecule has 0 saturated heterocycles. The van der Waals surface area contributed by atoms with Crippen LogP contribution in [0.5, 0.6) is 0 Å². The van der Waals surface area contributed by atoms with Crippen molar-refractivity contribution in [3.05, 3.63) is 35.2 Å². The number of aromatic nitrogens is 3. The molecule has 2 heterocycles. The Kier molecular flexibility index (Phi) is 2.64. The van der Waals surface area contributed by atoms with Crippen LogP contribution in [-0.2, 0) is 4.79 Å². The Bertz CT molecular complexity index is 797. The third-order valence-electron chi connectivity index (χ3n) is 3.09. The van der Waals surface area contributed by atoms with Crippen LogP contribution in [0.2, 0.25) is 5.02 Å². The van der Waals surface area contributed by atoms with E-state index >= 15 is 0 Å². The Morgan fingerprint density at radius 1 is 1.42 bits per heavy atom. The van der Waals surface area contributed by atoms with Crippen molar-refractivity contribution in [1.82, 2.24) is 15.0 Å². The summed E-state index contributed by atoms with van der Waals surface area (Å²) in [7, 11) is 0. The van der Waals surface area contributed by atoms with Crippen LogP contribution in [-0.4, -0.2) is 26.0 Å². The summed E-state index contributed by atoms with van der Waals surface area (Å²) < 4.78 is 0. The van der Waals surface area contributed by atoms with Gasteiger partial charge in [-0.2, -0.15) is 0 Å². The minimum absolute atomic E-state index is 0.289. The number of carbonyl (C=O) groups is 1. The van der Waals surface area contributed by atoms with Crippen molar-refractivity contribution < 1.29 is 9.90 Å². The number of aromatic amines is 1. The molecule has 0 spiro atoms. The molecular weight excluding hydrogens is 266 g/mol. The number of carboxylic acids is 1. The van der Waals surface area contributed by atoms with E-state index in [2.05, 4.69) is 15.0 Å². The molecule has 19 heavy (non-hydrogen) atoms. The topological polar surface area (TPSA) is 78.9 Å². The van der Waals surface area contributed by atoms with Gasteiger partial charge in [-0.05, 0) is 25.1 Å². The predicted octanol–water partition coefficient (Wildman–Crippen LogP) is 2.95. The number of aliphatic carboxylic acids is 1. The second-order valence-corrected chi connectivity index (χ2v) is 4.80. The van der Waals surface area contributed by atoms with Crippen LogP contribution in [0.4, 0.5) is 0 Å². The van der Waals surface area contributed by atoms with Crippen molar-refractivity contribution in [3.63, 3.8) is 0 Å². The zero-order chi connectivity index (χ0) is 13.6. The number of halogens is 1. The number of hydrogen-bond donors (Lipinski definition) is 2. The smallest absolute Gasteiger partial charge is 0.313 e. The van der Waals surface area contributed by atoms with Gasteiger partial charge in [0, 0.05) is 27.5 Å². The van der Waals surface area contributed by atoms with E-state index in [1.54, 1.807) is 19.2 Å². The third kappa shape index (κ3) is 1.92. The highest BCUT2D eigenvalue weighted by Crippen LogP contribution is 2.27. The number of carboxylic acid groups (broad SMARTS) is 1. The first-order valence-corrected chi connectivity index (χ1v) is 6.11. The van der Waals surface area contributed by atoms with Gasteiger partial charge in [-0.25, -0.2) is 9.97 Å². The predicted molar refractivity (Wildman–Crippen MR) is 72.5 cm³/mol. The van der Waals surface area contributed by atoms with E-state index in [9.17, 15) is 4.79 Å². The van der Waals surface area contributed by atoms with Crippen LogP contribution < -0.4 is 0 Å². The minimum Gasteiger partial charge on any atom is -0.481 e. The highest BCUT2D eigenvalue weighted by molar-refractivity contribution is 6.31. The number of rotatable bonds is 2. The van der Waals surface area contributed by atoms with Crippen molar-refractivity contribution in [2.75, 3.05) is 0 Å². The molecule has 1 aromatic carbocycles. The maximum atomic E-state index is 10.9. The van der Waals surface area contributed by atoms with E-state index < -0.39 is 11.9 Å². The van der Waals surface area contributed by atoms with E-state index in [0.717, 1.165) is 16.3 Å². The lowest BCUT2D eigenvalue weighted by Crippen LogP contribution is -2.11. The second kappa shape index (κ2) is 4.20. The standard InChI is InChI=1S/C13H10ClN3O2/c1-6(13(18)19)11-15-5-9-8-4-7(14)2-3-10(8)16-12(9)17-11/h2-6H,1H3,(H,18,19)(H,15,16,17)/t6-/m0/s1. The molecule has 0 radical (unpaired) electrons. The lowest BCUT2D eigenvalue weighted by molar-refractivity contribution is -0.138. The molecule has 96 valence electrons. The van der Waals surface area contributed by atoms with E-state index in [1.165, 1.54) is 0 Å². The number of H-pyrrole nitrogens is 1. The highest BCUT2D eigenvalue weighted by Gasteiger charge is 2.18. The lowest BCUT2D eigenvalue weighted by Gasteiger charge is -2.03. The van der Waals surface area contributed by atoms with Crippen LogP contribution >= 0.6 is 11.6 Å². The van der Waals surface area contributed by atoms with Crippen LogP contribution in [0.1, 0.15) is 18.7 Å². The van der Waals surface area contributed by atoms with Crippen molar-refractivity contribution in [2.45, 2.75) is 12.8 Å². The van der Waals surface area contributed by atoms with Gasteiger partial charge in [0.25, 0.3) is 0 Å². The van der Waals surface area contributed by atoms with Gasteiger partial charge in [-0.15, -0.1) is 0 Å². The summed E-state index contributed by atoms with van der Waals surface area (Å²) >= 11 is 5.97. The Balaban J connectivity index is 2.24. The fourth-order valence-corrected chi connectivity index (χ4v) is 2.15. The maximum Gasteiger partial charge on any atom is 0.313 e. The van der Waals surface area contributed by atoms with Crippen molar-refractivity contribution >= 4 is 39.5 Å². The summed E-state index contributed by atoms with van der Waals surface area (Å²) in [4.78, 5) is 22.5. The molecule has 2 aromatic heterocycles. The summed E-state index contributed by atoms with van der Waals surface area (Å²) in [6, 6.07) is 5.48. The van der Waals surface area contributed by atoms with Gasteiger partial charge in [0.15, 0.2) is 0 Å². The summed E-state index contributed by atoms with van der Waals surface area (Å²) in [6.07, 6.45) is 1.63. The first kappa shape index (κ1) is 11.9. The molecule has 0 aliphatic carbocycles. The molecule has 3 rings (SSSR count). The average molecular weight is 276 g/mol. The number of benzene rings is 1. The summed E-state index contributed by atoms with van der Waals surface area (Å²) in [6.45, 7) is 1.56. The van der Waals surface area contributed by atoms with Gasteiger partial charge in [-0.3, -0.25) is 4.79 Å². The fourth-order valence-electron chi connectivity index (χ4n) is 1.98. The molecule has 0 aliphatic heterocycles. The zero-order valence-corrected chi connectivity index (χ0v) is 10.8. The monoisotopic (exact) mass is 275 g/mol.